The minimum atomic E-state index is -0.625. The Hall–Kier alpha value is -3.21. The van der Waals surface area contributed by atoms with Crippen LogP contribution in [0.1, 0.15) is 12.5 Å². The van der Waals surface area contributed by atoms with Crippen molar-refractivity contribution >= 4 is 69.8 Å². The SMILES string of the molecule is CCOc1ccc(NC(=O)CN2C(=O)S/C(=C/c3cc(Cl)c(OCC(=O)OC)c(Cl)c3)C2=O)cc1. The summed E-state index contributed by atoms with van der Waals surface area (Å²) in [4.78, 5) is 49.7. The van der Waals surface area contributed by atoms with Gasteiger partial charge in [-0.3, -0.25) is 19.3 Å². The third-order valence-corrected chi connectivity index (χ3v) is 5.97. The first-order valence-electron chi connectivity index (χ1n) is 10.2. The number of hydrogen-bond acceptors (Lipinski definition) is 8. The zero-order valence-electron chi connectivity index (χ0n) is 18.6. The molecular formula is C23H20Cl2N2O7S. The molecule has 0 saturated carbocycles. The number of anilines is 1. The van der Waals surface area contributed by atoms with Crippen molar-refractivity contribution in [3.05, 3.63) is 56.9 Å². The maximum atomic E-state index is 12.7. The van der Waals surface area contributed by atoms with E-state index in [0.29, 0.717) is 35.4 Å². The van der Waals surface area contributed by atoms with E-state index in [2.05, 4.69) is 10.1 Å². The van der Waals surface area contributed by atoms with Crippen molar-refractivity contribution < 1.29 is 33.4 Å². The maximum Gasteiger partial charge on any atom is 0.343 e. The van der Waals surface area contributed by atoms with Gasteiger partial charge in [0.1, 0.15) is 12.3 Å². The zero-order chi connectivity index (χ0) is 25.5. The quantitative estimate of drug-likeness (QED) is 0.363. The van der Waals surface area contributed by atoms with E-state index in [1.807, 2.05) is 6.92 Å². The van der Waals surface area contributed by atoms with E-state index in [4.69, 9.17) is 32.7 Å². The van der Waals surface area contributed by atoms with Crippen molar-refractivity contribution in [3.63, 3.8) is 0 Å². The van der Waals surface area contributed by atoms with Crippen LogP contribution in [0.25, 0.3) is 6.08 Å². The van der Waals surface area contributed by atoms with Crippen LogP contribution < -0.4 is 14.8 Å². The van der Waals surface area contributed by atoms with Gasteiger partial charge in [0.2, 0.25) is 5.91 Å². The van der Waals surface area contributed by atoms with Gasteiger partial charge in [0.05, 0.1) is 28.7 Å². The molecule has 35 heavy (non-hydrogen) atoms. The fourth-order valence-electron chi connectivity index (χ4n) is 2.92. The summed E-state index contributed by atoms with van der Waals surface area (Å²) in [6, 6.07) is 9.64. The molecule has 0 bridgehead atoms. The number of esters is 1. The second-order valence-corrected chi connectivity index (χ2v) is 8.76. The standard InChI is InChI=1S/C23H20Cl2N2O7S/c1-3-33-15-6-4-14(5-7-15)26-19(28)11-27-22(30)18(35-23(27)31)10-13-8-16(24)21(17(25)9-13)34-12-20(29)32-2/h4-10H,3,11-12H2,1-2H3,(H,26,28)/b18-10+. The van der Waals surface area contributed by atoms with Crippen molar-refractivity contribution in [1.82, 2.24) is 4.90 Å². The van der Waals surface area contributed by atoms with E-state index in [9.17, 15) is 19.2 Å². The molecule has 0 spiro atoms. The minimum absolute atomic E-state index is 0.0787. The Morgan fingerprint density at radius 1 is 1.09 bits per heavy atom. The van der Waals surface area contributed by atoms with Gasteiger partial charge < -0.3 is 19.5 Å². The average Bonchev–Trinajstić information content (AvgIpc) is 3.07. The third-order valence-electron chi connectivity index (χ3n) is 4.50. The second kappa shape index (κ2) is 12.0. The summed E-state index contributed by atoms with van der Waals surface area (Å²) < 4.78 is 15.1. The highest BCUT2D eigenvalue weighted by Gasteiger charge is 2.36. The lowest BCUT2D eigenvalue weighted by Crippen LogP contribution is -2.36. The molecule has 0 aliphatic carbocycles. The molecule has 1 fully saturated rings. The Kier molecular flexibility index (Phi) is 9.02. The summed E-state index contributed by atoms with van der Waals surface area (Å²) in [5.74, 6) is -1.03. The Balaban J connectivity index is 1.67. The summed E-state index contributed by atoms with van der Waals surface area (Å²) in [7, 11) is 1.22. The molecule has 1 aliphatic heterocycles. The Labute approximate surface area is 215 Å². The van der Waals surface area contributed by atoms with Crippen molar-refractivity contribution in [1.29, 1.82) is 0 Å². The highest BCUT2D eigenvalue weighted by molar-refractivity contribution is 8.18. The highest BCUT2D eigenvalue weighted by Crippen LogP contribution is 2.37. The lowest BCUT2D eigenvalue weighted by atomic mass is 10.2. The number of hydrogen-bond donors (Lipinski definition) is 1. The second-order valence-electron chi connectivity index (χ2n) is 6.95. The summed E-state index contributed by atoms with van der Waals surface area (Å²) in [5.41, 5.74) is 0.925. The van der Waals surface area contributed by atoms with Crippen LogP contribution in [0.3, 0.4) is 0 Å². The van der Waals surface area contributed by atoms with E-state index >= 15 is 0 Å². The molecule has 184 valence electrons. The average molecular weight is 539 g/mol. The smallest absolute Gasteiger partial charge is 0.343 e. The lowest BCUT2D eigenvalue weighted by molar-refractivity contribution is -0.142. The fraction of sp³-hybridized carbons (Fsp3) is 0.217. The van der Waals surface area contributed by atoms with Crippen LogP contribution in [0, 0.1) is 0 Å². The van der Waals surface area contributed by atoms with Crippen molar-refractivity contribution in [3.8, 4) is 11.5 Å². The van der Waals surface area contributed by atoms with Gasteiger partial charge in [-0.1, -0.05) is 23.2 Å². The molecule has 2 aromatic rings. The third kappa shape index (κ3) is 6.91. The van der Waals surface area contributed by atoms with E-state index in [-0.39, 0.29) is 27.3 Å². The van der Waals surface area contributed by atoms with E-state index < -0.39 is 29.6 Å². The van der Waals surface area contributed by atoms with Gasteiger partial charge in [-0.25, -0.2) is 4.79 Å². The summed E-state index contributed by atoms with van der Waals surface area (Å²) in [5, 5.41) is 2.25. The Morgan fingerprint density at radius 2 is 1.74 bits per heavy atom. The number of carbonyl (C=O) groups excluding carboxylic acids is 4. The molecule has 1 heterocycles. The van der Waals surface area contributed by atoms with Gasteiger partial charge in [-0.2, -0.15) is 0 Å². The Bertz CT molecular complexity index is 1160. The Morgan fingerprint density at radius 3 is 2.34 bits per heavy atom. The number of nitrogens with zero attached hydrogens (tertiary/aromatic N) is 1. The molecule has 3 amide bonds. The molecule has 12 heteroatoms. The first-order valence-corrected chi connectivity index (χ1v) is 11.8. The normalized spacial score (nSPS) is 14.3. The van der Waals surface area contributed by atoms with Crippen LogP contribution in [0.15, 0.2) is 41.3 Å². The fourth-order valence-corrected chi connectivity index (χ4v) is 4.38. The summed E-state index contributed by atoms with van der Waals surface area (Å²) in [6.45, 7) is 1.55. The lowest BCUT2D eigenvalue weighted by Gasteiger charge is -2.13. The molecule has 1 N–H and O–H groups in total. The largest absolute Gasteiger partial charge is 0.494 e. The molecule has 0 atom stereocenters. The number of imide groups is 1. The van der Waals surface area contributed by atoms with Crippen LogP contribution in [0.5, 0.6) is 11.5 Å². The van der Waals surface area contributed by atoms with Crippen molar-refractivity contribution in [2.75, 3.05) is 32.2 Å². The van der Waals surface area contributed by atoms with Gasteiger partial charge in [-0.15, -0.1) is 0 Å². The van der Waals surface area contributed by atoms with Crippen LogP contribution in [-0.4, -0.2) is 54.8 Å². The number of nitrogens with one attached hydrogen (secondary N) is 1. The van der Waals surface area contributed by atoms with Crippen LogP contribution in [0.2, 0.25) is 10.0 Å². The van der Waals surface area contributed by atoms with Crippen LogP contribution >= 0.6 is 35.0 Å². The monoisotopic (exact) mass is 538 g/mol. The molecule has 3 rings (SSSR count). The van der Waals surface area contributed by atoms with Crippen LogP contribution in [-0.2, 0) is 19.1 Å². The summed E-state index contributed by atoms with van der Waals surface area (Å²) in [6.07, 6.45) is 1.43. The number of methoxy groups -OCH3 is 1. The molecule has 9 nitrogen and oxygen atoms in total. The van der Waals surface area contributed by atoms with E-state index in [1.54, 1.807) is 24.3 Å². The number of thioether (sulfide) groups is 1. The first-order chi connectivity index (χ1) is 16.7. The predicted octanol–water partition coefficient (Wildman–Crippen LogP) is 4.62. The van der Waals surface area contributed by atoms with Gasteiger partial charge >= 0.3 is 5.97 Å². The molecule has 0 unspecified atom stereocenters. The van der Waals surface area contributed by atoms with Gasteiger partial charge in [0, 0.05) is 5.69 Å². The van der Waals surface area contributed by atoms with Crippen molar-refractivity contribution in [2.24, 2.45) is 0 Å². The minimum Gasteiger partial charge on any atom is -0.494 e. The van der Waals surface area contributed by atoms with E-state index in [0.717, 1.165) is 4.90 Å². The van der Waals surface area contributed by atoms with Gasteiger partial charge in [-0.05, 0) is 66.7 Å². The van der Waals surface area contributed by atoms with Crippen molar-refractivity contribution in [2.45, 2.75) is 6.92 Å². The molecule has 2 aromatic carbocycles. The number of amides is 3. The predicted molar refractivity (Wildman–Crippen MR) is 133 cm³/mol. The zero-order valence-corrected chi connectivity index (χ0v) is 21.0. The summed E-state index contributed by atoms with van der Waals surface area (Å²) >= 11 is 13.1. The number of halogens is 2. The maximum absolute atomic E-state index is 12.7. The molecule has 0 radical (unpaired) electrons. The number of benzene rings is 2. The number of rotatable bonds is 9. The van der Waals surface area contributed by atoms with Gasteiger partial charge in [0.25, 0.3) is 11.1 Å². The molecular weight excluding hydrogens is 519 g/mol. The first kappa shape index (κ1) is 26.4. The number of ether oxygens (including phenoxy) is 3. The molecule has 1 saturated heterocycles. The number of carbonyl (C=O) groups is 4. The van der Waals surface area contributed by atoms with E-state index in [1.165, 1.54) is 25.3 Å². The topological polar surface area (TPSA) is 111 Å². The highest BCUT2D eigenvalue weighted by atomic mass is 35.5. The molecule has 0 aromatic heterocycles. The molecule has 1 aliphatic rings. The van der Waals surface area contributed by atoms with Crippen LogP contribution in [0.4, 0.5) is 10.5 Å². The van der Waals surface area contributed by atoms with Gasteiger partial charge in [0.15, 0.2) is 12.4 Å².